The Balaban J connectivity index is 1.31. The van der Waals surface area contributed by atoms with Crippen LogP contribution in [-0.2, 0) is 21.4 Å². The third-order valence-corrected chi connectivity index (χ3v) is 7.11. The van der Waals surface area contributed by atoms with Crippen LogP contribution < -0.4 is 10.0 Å². The van der Waals surface area contributed by atoms with Crippen molar-refractivity contribution in [1.82, 2.24) is 14.7 Å². The van der Waals surface area contributed by atoms with Crippen LogP contribution in [-0.4, -0.2) is 30.5 Å². The first-order valence-electron chi connectivity index (χ1n) is 10.9. The summed E-state index contributed by atoms with van der Waals surface area (Å²) in [4.78, 5) is 8.44. The van der Waals surface area contributed by atoms with Gasteiger partial charge in [0.15, 0.2) is 0 Å². The summed E-state index contributed by atoms with van der Waals surface area (Å²) in [7, 11) is -3.77. The Bertz CT molecular complexity index is 1180. The number of rotatable bonds is 9. The third kappa shape index (κ3) is 5.93. The minimum absolute atomic E-state index is 0.101. The van der Waals surface area contributed by atoms with Crippen molar-refractivity contribution in [1.29, 1.82) is 0 Å². The number of ether oxygens (including phenoxy) is 1. The molecular weight excluding hydrogens is 443 g/mol. The van der Waals surface area contributed by atoms with Gasteiger partial charge in [0.05, 0.1) is 23.3 Å². The fourth-order valence-electron chi connectivity index (χ4n) is 3.64. The summed E-state index contributed by atoms with van der Waals surface area (Å²) < 4.78 is 47.3. The maximum atomic E-state index is 14.5. The van der Waals surface area contributed by atoms with Crippen molar-refractivity contribution in [2.45, 2.75) is 56.3 Å². The van der Waals surface area contributed by atoms with Crippen LogP contribution in [0.1, 0.15) is 43.7 Å². The molecule has 33 heavy (non-hydrogen) atoms. The molecule has 1 saturated carbocycles. The molecule has 2 aromatic carbocycles. The topological polar surface area (TPSA) is 93.2 Å². The number of hydrogen-bond donors (Lipinski definition) is 2. The maximum Gasteiger partial charge on any atom is 0.240 e. The second-order valence-corrected chi connectivity index (χ2v) is 10.2. The molecule has 174 valence electrons. The van der Waals surface area contributed by atoms with Gasteiger partial charge in [0.2, 0.25) is 16.0 Å². The molecule has 2 N–H and O–H groups in total. The number of hydrogen-bond acceptors (Lipinski definition) is 6. The third-order valence-electron chi connectivity index (χ3n) is 5.45. The zero-order valence-corrected chi connectivity index (χ0v) is 19.3. The number of nitrogens with one attached hydrogen (secondary N) is 2. The van der Waals surface area contributed by atoms with Crippen LogP contribution in [0.4, 0.5) is 16.0 Å². The van der Waals surface area contributed by atoms with Crippen molar-refractivity contribution in [3.05, 3.63) is 77.9 Å². The predicted octanol–water partition coefficient (Wildman–Crippen LogP) is 4.51. The Kier molecular flexibility index (Phi) is 7.02. The van der Waals surface area contributed by atoms with Gasteiger partial charge in [-0.2, -0.15) is 0 Å². The van der Waals surface area contributed by atoms with Gasteiger partial charge < -0.3 is 10.1 Å². The molecule has 0 amide bonds. The van der Waals surface area contributed by atoms with Crippen molar-refractivity contribution in [2.75, 3.05) is 5.32 Å². The molecule has 3 aromatic rings. The van der Waals surface area contributed by atoms with Crippen molar-refractivity contribution in [3.63, 3.8) is 0 Å². The first-order valence-corrected chi connectivity index (χ1v) is 12.3. The second-order valence-electron chi connectivity index (χ2n) is 8.47. The van der Waals surface area contributed by atoms with E-state index in [2.05, 4.69) is 20.0 Å². The second kappa shape index (κ2) is 9.94. The average molecular weight is 471 g/mol. The van der Waals surface area contributed by atoms with Gasteiger partial charge >= 0.3 is 0 Å². The van der Waals surface area contributed by atoms with E-state index in [1.54, 1.807) is 26.2 Å². The Morgan fingerprint density at radius 1 is 1.09 bits per heavy atom. The molecule has 0 aliphatic heterocycles. The fourth-order valence-corrected chi connectivity index (χ4v) is 4.90. The molecule has 9 heteroatoms. The van der Waals surface area contributed by atoms with E-state index in [9.17, 15) is 12.8 Å². The monoisotopic (exact) mass is 470 g/mol. The SMILES string of the molecule is CC(C)NS(=O)(=O)c1ccc(Nc2ncc(C3CC(OCc4ccccc4)C3)cn2)c(F)c1. The van der Waals surface area contributed by atoms with E-state index in [1.807, 2.05) is 30.3 Å². The Morgan fingerprint density at radius 2 is 1.79 bits per heavy atom. The van der Waals surface area contributed by atoms with Gasteiger partial charge in [-0.25, -0.2) is 27.5 Å². The molecule has 1 heterocycles. The lowest BCUT2D eigenvalue weighted by Crippen LogP contribution is -2.30. The summed E-state index contributed by atoms with van der Waals surface area (Å²) in [6, 6.07) is 13.5. The highest BCUT2D eigenvalue weighted by Gasteiger charge is 2.31. The van der Waals surface area contributed by atoms with Gasteiger partial charge in [0.1, 0.15) is 5.82 Å². The zero-order chi connectivity index (χ0) is 23.4. The highest BCUT2D eigenvalue weighted by molar-refractivity contribution is 7.89. The zero-order valence-electron chi connectivity index (χ0n) is 18.5. The van der Waals surface area contributed by atoms with Crippen molar-refractivity contribution in [2.24, 2.45) is 0 Å². The van der Waals surface area contributed by atoms with E-state index < -0.39 is 15.8 Å². The summed E-state index contributed by atoms with van der Waals surface area (Å²) in [5.41, 5.74) is 2.28. The van der Waals surface area contributed by atoms with Crippen LogP contribution in [0, 0.1) is 5.82 Å². The molecule has 1 aromatic heterocycles. The van der Waals surface area contributed by atoms with E-state index >= 15 is 0 Å². The highest BCUT2D eigenvalue weighted by Crippen LogP contribution is 2.38. The molecule has 1 aliphatic rings. The van der Waals surface area contributed by atoms with E-state index in [1.165, 1.54) is 12.1 Å². The van der Waals surface area contributed by atoms with E-state index in [0.29, 0.717) is 12.5 Å². The minimum Gasteiger partial charge on any atom is -0.373 e. The number of benzene rings is 2. The largest absolute Gasteiger partial charge is 0.373 e. The first-order chi connectivity index (χ1) is 15.8. The molecule has 0 atom stereocenters. The lowest BCUT2D eigenvalue weighted by molar-refractivity contribution is -0.0208. The van der Waals surface area contributed by atoms with Crippen LogP contribution in [0.25, 0.3) is 0 Å². The summed E-state index contributed by atoms with van der Waals surface area (Å²) in [6.07, 6.45) is 5.52. The van der Waals surface area contributed by atoms with Gasteiger partial charge in [-0.1, -0.05) is 30.3 Å². The molecule has 4 rings (SSSR count). The molecule has 7 nitrogen and oxygen atoms in total. The number of anilines is 2. The standard InChI is InChI=1S/C24H27FN4O3S/c1-16(2)29-33(30,31)21-8-9-23(22(25)12-21)28-24-26-13-19(14-27-24)18-10-20(11-18)32-15-17-6-4-3-5-7-17/h3-9,12-14,16,18,20,29H,10-11,15H2,1-2H3,(H,26,27,28). The van der Waals surface area contributed by atoms with Crippen molar-refractivity contribution >= 4 is 21.7 Å². The van der Waals surface area contributed by atoms with Gasteiger partial charge in [-0.15, -0.1) is 0 Å². The number of aromatic nitrogens is 2. The maximum absolute atomic E-state index is 14.5. The van der Waals surface area contributed by atoms with Crippen molar-refractivity contribution < 1.29 is 17.5 Å². The average Bonchev–Trinajstić information content (AvgIpc) is 2.75. The fraction of sp³-hybridized carbons (Fsp3) is 0.333. The van der Waals surface area contributed by atoms with Crippen LogP contribution in [0.2, 0.25) is 0 Å². The summed E-state index contributed by atoms with van der Waals surface area (Å²) in [6.45, 7) is 4.01. The van der Waals surface area contributed by atoms with Gasteiger partial charge in [0.25, 0.3) is 0 Å². The molecule has 0 spiro atoms. The summed E-state index contributed by atoms with van der Waals surface area (Å²) >= 11 is 0. The van der Waals surface area contributed by atoms with Gasteiger partial charge in [0, 0.05) is 18.4 Å². The molecule has 0 unspecified atom stereocenters. The quantitative estimate of drug-likeness (QED) is 0.478. The highest BCUT2D eigenvalue weighted by atomic mass is 32.2. The Morgan fingerprint density at radius 3 is 2.42 bits per heavy atom. The molecular formula is C24H27FN4O3S. The van der Waals surface area contributed by atoms with Crippen LogP contribution in [0.15, 0.2) is 65.8 Å². The number of sulfonamides is 1. The smallest absolute Gasteiger partial charge is 0.240 e. The Labute approximate surface area is 193 Å². The molecule has 1 fully saturated rings. The summed E-state index contributed by atoms with van der Waals surface area (Å²) in [5, 5.41) is 2.80. The number of nitrogens with zero attached hydrogens (tertiary/aromatic N) is 2. The Hall–Kier alpha value is -2.88. The van der Waals surface area contributed by atoms with Crippen molar-refractivity contribution in [3.8, 4) is 0 Å². The van der Waals surface area contributed by atoms with Crippen LogP contribution >= 0.6 is 0 Å². The minimum atomic E-state index is -3.77. The molecule has 0 radical (unpaired) electrons. The molecule has 0 bridgehead atoms. The lowest BCUT2D eigenvalue weighted by atomic mass is 9.78. The van der Waals surface area contributed by atoms with E-state index in [0.717, 1.165) is 30.0 Å². The van der Waals surface area contributed by atoms with Crippen LogP contribution in [0.3, 0.4) is 0 Å². The molecule has 1 aliphatic carbocycles. The van der Waals surface area contributed by atoms with Gasteiger partial charge in [-0.05, 0) is 61.9 Å². The number of halogens is 1. The van der Waals surface area contributed by atoms with Crippen LogP contribution in [0.5, 0.6) is 0 Å². The van der Waals surface area contributed by atoms with E-state index in [4.69, 9.17) is 4.74 Å². The predicted molar refractivity (Wildman–Crippen MR) is 124 cm³/mol. The molecule has 0 saturated heterocycles. The van der Waals surface area contributed by atoms with Gasteiger partial charge in [-0.3, -0.25) is 0 Å². The first kappa shape index (κ1) is 23.3. The summed E-state index contributed by atoms with van der Waals surface area (Å²) in [5.74, 6) is -0.119. The lowest BCUT2D eigenvalue weighted by Gasteiger charge is -2.35. The van der Waals surface area contributed by atoms with E-state index in [-0.39, 0.29) is 28.7 Å². The normalized spacial score (nSPS) is 18.2.